The average Bonchev–Trinajstić information content (AvgIpc) is 2.95. The highest BCUT2D eigenvalue weighted by molar-refractivity contribution is 5.26. The van der Waals surface area contributed by atoms with E-state index in [-0.39, 0.29) is 11.6 Å². The lowest BCUT2D eigenvalue weighted by molar-refractivity contribution is 0.101. The first kappa shape index (κ1) is 15.2. The minimum atomic E-state index is 0.0966. The Bertz CT molecular complexity index is 430. The second-order valence-electron chi connectivity index (χ2n) is 5.65. The lowest BCUT2D eigenvalue weighted by Gasteiger charge is -2.43. The molecule has 1 fully saturated rings. The molecule has 1 aliphatic carbocycles. The van der Waals surface area contributed by atoms with E-state index in [1.54, 1.807) is 19.5 Å². The van der Waals surface area contributed by atoms with Crippen molar-refractivity contribution in [3.8, 4) is 5.88 Å². The van der Waals surface area contributed by atoms with Gasteiger partial charge in [-0.25, -0.2) is 4.98 Å². The first-order valence-corrected chi connectivity index (χ1v) is 7.41. The summed E-state index contributed by atoms with van der Waals surface area (Å²) < 4.78 is 5.42. The molecule has 1 aromatic rings. The number of aromatic nitrogens is 2. The fraction of sp³-hybridized carbons (Fsp3) is 0.733. The highest BCUT2D eigenvalue weighted by Gasteiger charge is 2.45. The molecule has 20 heavy (non-hydrogen) atoms. The number of likely N-dealkylation sites (N-methyl/N-ethyl adjacent to an activating group) is 2. The largest absolute Gasteiger partial charge is 0.480 e. The first-order chi connectivity index (χ1) is 9.65. The van der Waals surface area contributed by atoms with E-state index >= 15 is 0 Å². The molecule has 1 unspecified atom stereocenters. The molecule has 0 spiro atoms. The molecule has 1 heterocycles. The summed E-state index contributed by atoms with van der Waals surface area (Å²) in [6.45, 7) is 3.04. The summed E-state index contributed by atoms with van der Waals surface area (Å²) in [5, 5.41) is 3.61. The van der Waals surface area contributed by atoms with Gasteiger partial charge in [0, 0.05) is 17.9 Å². The van der Waals surface area contributed by atoms with E-state index in [1.165, 1.54) is 25.7 Å². The van der Waals surface area contributed by atoms with Gasteiger partial charge in [-0.1, -0.05) is 19.8 Å². The van der Waals surface area contributed by atoms with Crippen molar-refractivity contribution >= 4 is 0 Å². The molecule has 1 aromatic heterocycles. The van der Waals surface area contributed by atoms with Crippen LogP contribution in [0.15, 0.2) is 12.4 Å². The van der Waals surface area contributed by atoms with E-state index < -0.39 is 0 Å². The summed E-state index contributed by atoms with van der Waals surface area (Å²) in [5.41, 5.74) is 1.02. The standard InChI is InChI=1S/C15H26N4O/c1-5-16-13(12-14(20-4)18-11-10-17-12)15(19(2)3)8-6-7-9-15/h10-11,13,16H,5-9H2,1-4H3. The van der Waals surface area contributed by atoms with Gasteiger partial charge >= 0.3 is 0 Å². The number of hydrogen-bond acceptors (Lipinski definition) is 5. The molecule has 1 N–H and O–H groups in total. The van der Waals surface area contributed by atoms with Gasteiger partial charge in [-0.05, 0) is 33.5 Å². The van der Waals surface area contributed by atoms with Crippen molar-refractivity contribution in [1.82, 2.24) is 20.2 Å². The van der Waals surface area contributed by atoms with Crippen LogP contribution in [-0.2, 0) is 0 Å². The van der Waals surface area contributed by atoms with Crippen LogP contribution in [-0.4, -0.2) is 48.2 Å². The van der Waals surface area contributed by atoms with Gasteiger partial charge in [0.05, 0.1) is 13.2 Å². The van der Waals surface area contributed by atoms with Crippen molar-refractivity contribution in [1.29, 1.82) is 0 Å². The fourth-order valence-electron chi connectivity index (χ4n) is 3.42. The molecule has 112 valence electrons. The second kappa shape index (κ2) is 6.50. The third kappa shape index (κ3) is 2.65. The Hall–Kier alpha value is -1.20. The summed E-state index contributed by atoms with van der Waals surface area (Å²) in [5.74, 6) is 0.631. The van der Waals surface area contributed by atoms with Crippen molar-refractivity contribution in [2.45, 2.75) is 44.2 Å². The van der Waals surface area contributed by atoms with Crippen LogP contribution < -0.4 is 10.1 Å². The van der Waals surface area contributed by atoms with Crippen LogP contribution in [0.1, 0.15) is 44.3 Å². The van der Waals surface area contributed by atoms with Crippen LogP contribution in [0.3, 0.4) is 0 Å². The predicted molar refractivity (Wildman–Crippen MR) is 79.9 cm³/mol. The molecule has 1 saturated carbocycles. The van der Waals surface area contributed by atoms with Gasteiger partial charge in [0.25, 0.3) is 0 Å². The summed E-state index contributed by atoms with van der Waals surface area (Å²) >= 11 is 0. The predicted octanol–water partition coefficient (Wildman–Crippen LogP) is 2.01. The number of hydrogen-bond donors (Lipinski definition) is 1. The molecule has 1 atom stereocenters. The molecule has 1 aliphatic rings. The molecule has 0 bridgehead atoms. The van der Waals surface area contributed by atoms with Crippen molar-refractivity contribution in [3.05, 3.63) is 18.1 Å². The maximum atomic E-state index is 5.42. The monoisotopic (exact) mass is 278 g/mol. The zero-order valence-corrected chi connectivity index (χ0v) is 13.0. The Morgan fingerprint density at radius 3 is 2.50 bits per heavy atom. The van der Waals surface area contributed by atoms with Gasteiger partial charge in [0.15, 0.2) is 0 Å². The van der Waals surface area contributed by atoms with Gasteiger partial charge in [-0.3, -0.25) is 4.98 Å². The summed E-state index contributed by atoms with van der Waals surface area (Å²) in [6, 6.07) is 0.147. The van der Waals surface area contributed by atoms with Crippen molar-refractivity contribution in [2.75, 3.05) is 27.7 Å². The van der Waals surface area contributed by atoms with Crippen molar-refractivity contribution in [3.63, 3.8) is 0 Å². The summed E-state index contributed by atoms with van der Waals surface area (Å²) in [4.78, 5) is 11.2. The van der Waals surface area contributed by atoms with Gasteiger partial charge in [0.2, 0.25) is 5.88 Å². The maximum absolute atomic E-state index is 5.42. The molecule has 0 aromatic carbocycles. The van der Waals surface area contributed by atoms with Crippen molar-refractivity contribution < 1.29 is 4.74 Å². The first-order valence-electron chi connectivity index (χ1n) is 7.41. The molecule has 2 rings (SSSR count). The van der Waals surface area contributed by atoms with Gasteiger partial charge in [-0.15, -0.1) is 0 Å². The van der Waals surface area contributed by atoms with Gasteiger partial charge in [0.1, 0.15) is 5.69 Å². The minimum Gasteiger partial charge on any atom is -0.480 e. The number of rotatable bonds is 6. The molecule has 5 nitrogen and oxygen atoms in total. The minimum absolute atomic E-state index is 0.0966. The zero-order chi connectivity index (χ0) is 14.6. The summed E-state index contributed by atoms with van der Waals surface area (Å²) in [6.07, 6.45) is 8.32. The Kier molecular flexibility index (Phi) is 4.94. The molecule has 0 amide bonds. The third-order valence-corrected chi connectivity index (χ3v) is 4.46. The zero-order valence-electron chi connectivity index (χ0n) is 13.0. The van der Waals surface area contributed by atoms with E-state index in [0.717, 1.165) is 12.2 Å². The average molecular weight is 278 g/mol. The topological polar surface area (TPSA) is 50.3 Å². The molecule has 0 aliphatic heterocycles. The number of ether oxygens (including phenoxy) is 1. The quantitative estimate of drug-likeness (QED) is 0.862. The van der Waals surface area contributed by atoms with E-state index in [9.17, 15) is 0 Å². The highest BCUT2D eigenvalue weighted by atomic mass is 16.5. The number of methoxy groups -OCH3 is 1. The lowest BCUT2D eigenvalue weighted by Crippen LogP contribution is -2.52. The van der Waals surface area contributed by atoms with E-state index in [2.05, 4.69) is 41.2 Å². The van der Waals surface area contributed by atoms with E-state index in [0.29, 0.717) is 5.88 Å². The molecule has 0 radical (unpaired) electrons. The summed E-state index contributed by atoms with van der Waals surface area (Å²) in [7, 11) is 5.99. The van der Waals surface area contributed by atoms with Gasteiger partial charge < -0.3 is 15.0 Å². The molecule has 5 heteroatoms. The normalized spacial score (nSPS) is 19.2. The van der Waals surface area contributed by atoms with Crippen LogP contribution in [0.5, 0.6) is 5.88 Å². The van der Waals surface area contributed by atoms with Crippen LogP contribution in [0.2, 0.25) is 0 Å². The van der Waals surface area contributed by atoms with E-state index in [1.807, 2.05) is 0 Å². The van der Waals surface area contributed by atoms with Gasteiger partial charge in [-0.2, -0.15) is 0 Å². The van der Waals surface area contributed by atoms with Crippen molar-refractivity contribution in [2.24, 2.45) is 0 Å². The van der Waals surface area contributed by atoms with Crippen LogP contribution in [0, 0.1) is 0 Å². The maximum Gasteiger partial charge on any atom is 0.237 e. The highest BCUT2D eigenvalue weighted by Crippen LogP contribution is 2.44. The Labute approximate surface area is 121 Å². The van der Waals surface area contributed by atoms with Crippen LogP contribution in [0.25, 0.3) is 0 Å². The second-order valence-corrected chi connectivity index (χ2v) is 5.65. The van der Waals surface area contributed by atoms with Crippen LogP contribution >= 0.6 is 0 Å². The van der Waals surface area contributed by atoms with E-state index in [4.69, 9.17) is 4.74 Å². The fourth-order valence-corrected chi connectivity index (χ4v) is 3.42. The number of nitrogens with one attached hydrogen (secondary N) is 1. The smallest absolute Gasteiger partial charge is 0.237 e. The third-order valence-electron chi connectivity index (χ3n) is 4.46. The molecule has 0 saturated heterocycles. The number of nitrogens with zero attached hydrogens (tertiary/aromatic N) is 3. The Morgan fingerprint density at radius 1 is 1.30 bits per heavy atom. The SMILES string of the molecule is CCNC(c1nccnc1OC)C1(N(C)C)CCCC1. The molecular formula is C15H26N4O. The Morgan fingerprint density at radius 2 is 1.95 bits per heavy atom. The molecular weight excluding hydrogens is 252 g/mol. The van der Waals surface area contributed by atoms with Crippen LogP contribution in [0.4, 0.5) is 0 Å². The Balaban J connectivity index is 2.44. The lowest BCUT2D eigenvalue weighted by atomic mass is 9.84.